The highest BCUT2D eigenvalue weighted by Crippen LogP contribution is 2.27. The summed E-state index contributed by atoms with van der Waals surface area (Å²) in [6.07, 6.45) is 2.60. The van der Waals surface area contributed by atoms with E-state index < -0.39 is 0 Å². The van der Waals surface area contributed by atoms with E-state index in [4.69, 9.17) is 14.9 Å². The maximum Gasteiger partial charge on any atom is 0.195 e. The average molecular weight is 260 g/mol. The van der Waals surface area contributed by atoms with Crippen LogP contribution in [0.2, 0.25) is 0 Å². The number of methoxy groups -OCH3 is 1. The summed E-state index contributed by atoms with van der Waals surface area (Å²) in [7, 11) is 1.66. The standard InChI is InChI=1S/C15H20N2O2/c1-3-4-14-17-13(9-10-16)15(19-14)11-5-7-12(18-2)8-6-11/h5-8H,3-4,9-10,16H2,1-2H3. The van der Waals surface area contributed by atoms with Gasteiger partial charge in [0.05, 0.1) is 12.8 Å². The summed E-state index contributed by atoms with van der Waals surface area (Å²) in [5.41, 5.74) is 7.59. The molecule has 0 spiro atoms. The molecule has 0 aliphatic heterocycles. The van der Waals surface area contributed by atoms with Crippen molar-refractivity contribution in [2.24, 2.45) is 5.73 Å². The molecule has 1 heterocycles. The van der Waals surface area contributed by atoms with Gasteiger partial charge in [-0.3, -0.25) is 0 Å². The van der Waals surface area contributed by atoms with E-state index in [0.717, 1.165) is 47.9 Å². The molecule has 0 fully saturated rings. The monoisotopic (exact) mass is 260 g/mol. The number of benzene rings is 1. The lowest BCUT2D eigenvalue weighted by Crippen LogP contribution is -2.04. The van der Waals surface area contributed by atoms with Crippen molar-refractivity contribution in [2.75, 3.05) is 13.7 Å². The van der Waals surface area contributed by atoms with Crippen molar-refractivity contribution in [1.29, 1.82) is 0 Å². The first-order chi connectivity index (χ1) is 9.28. The number of aryl methyl sites for hydroxylation is 1. The van der Waals surface area contributed by atoms with Crippen LogP contribution in [0.3, 0.4) is 0 Å². The van der Waals surface area contributed by atoms with Gasteiger partial charge in [-0.05, 0) is 37.2 Å². The maximum absolute atomic E-state index is 5.86. The molecule has 0 amide bonds. The van der Waals surface area contributed by atoms with Gasteiger partial charge in [-0.25, -0.2) is 4.98 Å². The molecule has 19 heavy (non-hydrogen) atoms. The van der Waals surface area contributed by atoms with Crippen molar-refractivity contribution in [2.45, 2.75) is 26.2 Å². The highest BCUT2D eigenvalue weighted by Gasteiger charge is 2.14. The number of nitrogens with zero attached hydrogens (tertiary/aromatic N) is 1. The molecule has 4 heteroatoms. The van der Waals surface area contributed by atoms with Crippen LogP contribution in [-0.2, 0) is 12.8 Å². The predicted molar refractivity (Wildman–Crippen MR) is 75.2 cm³/mol. The zero-order valence-corrected chi connectivity index (χ0v) is 11.5. The molecule has 2 rings (SSSR count). The molecule has 102 valence electrons. The Kier molecular flexibility index (Phi) is 4.58. The molecule has 0 unspecified atom stereocenters. The van der Waals surface area contributed by atoms with Crippen molar-refractivity contribution in [3.63, 3.8) is 0 Å². The number of hydrogen-bond donors (Lipinski definition) is 1. The molecule has 0 saturated heterocycles. The van der Waals surface area contributed by atoms with E-state index in [-0.39, 0.29) is 0 Å². The zero-order valence-electron chi connectivity index (χ0n) is 11.5. The van der Waals surface area contributed by atoms with E-state index in [1.807, 2.05) is 24.3 Å². The van der Waals surface area contributed by atoms with Gasteiger partial charge < -0.3 is 14.9 Å². The van der Waals surface area contributed by atoms with Gasteiger partial charge in [-0.1, -0.05) is 6.92 Å². The topological polar surface area (TPSA) is 61.3 Å². The van der Waals surface area contributed by atoms with Gasteiger partial charge in [-0.15, -0.1) is 0 Å². The fourth-order valence-corrected chi connectivity index (χ4v) is 2.00. The summed E-state index contributed by atoms with van der Waals surface area (Å²) in [6.45, 7) is 2.68. The highest BCUT2D eigenvalue weighted by molar-refractivity contribution is 5.61. The van der Waals surface area contributed by atoms with Crippen LogP contribution in [0.5, 0.6) is 5.75 Å². The Balaban J connectivity index is 2.34. The molecular formula is C15H20N2O2. The third-order valence-electron chi connectivity index (χ3n) is 2.94. The van der Waals surface area contributed by atoms with Crippen LogP contribution < -0.4 is 10.5 Å². The smallest absolute Gasteiger partial charge is 0.195 e. The van der Waals surface area contributed by atoms with Gasteiger partial charge in [0, 0.05) is 18.4 Å². The van der Waals surface area contributed by atoms with Crippen molar-refractivity contribution in [3.8, 4) is 17.1 Å². The van der Waals surface area contributed by atoms with Gasteiger partial charge in [0.25, 0.3) is 0 Å². The lowest BCUT2D eigenvalue weighted by molar-refractivity contribution is 0.415. The number of hydrogen-bond acceptors (Lipinski definition) is 4. The quantitative estimate of drug-likeness (QED) is 0.867. The lowest BCUT2D eigenvalue weighted by atomic mass is 10.1. The molecule has 1 aromatic carbocycles. The Labute approximate surface area is 113 Å². The fraction of sp³-hybridized carbons (Fsp3) is 0.400. The van der Waals surface area contributed by atoms with Gasteiger partial charge in [-0.2, -0.15) is 0 Å². The van der Waals surface area contributed by atoms with E-state index in [2.05, 4.69) is 11.9 Å². The maximum atomic E-state index is 5.86. The Morgan fingerprint density at radius 3 is 2.53 bits per heavy atom. The summed E-state index contributed by atoms with van der Waals surface area (Å²) >= 11 is 0. The Hall–Kier alpha value is -1.81. The van der Waals surface area contributed by atoms with Crippen LogP contribution in [0.15, 0.2) is 28.7 Å². The van der Waals surface area contributed by atoms with Gasteiger partial charge in [0.15, 0.2) is 11.7 Å². The number of aromatic nitrogens is 1. The first-order valence-electron chi connectivity index (χ1n) is 6.61. The van der Waals surface area contributed by atoms with E-state index in [1.54, 1.807) is 7.11 Å². The van der Waals surface area contributed by atoms with Crippen LogP contribution in [-0.4, -0.2) is 18.6 Å². The molecule has 2 N–H and O–H groups in total. The minimum atomic E-state index is 0.571. The van der Waals surface area contributed by atoms with Crippen LogP contribution >= 0.6 is 0 Å². The van der Waals surface area contributed by atoms with E-state index in [1.165, 1.54) is 0 Å². The second kappa shape index (κ2) is 6.38. The summed E-state index contributed by atoms with van der Waals surface area (Å²) in [6, 6.07) is 7.80. The second-order valence-corrected chi connectivity index (χ2v) is 4.40. The molecule has 2 aromatic rings. The second-order valence-electron chi connectivity index (χ2n) is 4.40. The van der Waals surface area contributed by atoms with E-state index in [9.17, 15) is 0 Å². The largest absolute Gasteiger partial charge is 0.497 e. The lowest BCUT2D eigenvalue weighted by Gasteiger charge is -2.02. The summed E-state index contributed by atoms with van der Waals surface area (Å²) in [4.78, 5) is 4.53. The third kappa shape index (κ3) is 3.15. The molecule has 0 aliphatic rings. The minimum Gasteiger partial charge on any atom is -0.497 e. The van der Waals surface area contributed by atoms with Gasteiger partial charge in [0.1, 0.15) is 5.75 Å². The van der Waals surface area contributed by atoms with Crippen LogP contribution in [0.4, 0.5) is 0 Å². The van der Waals surface area contributed by atoms with Gasteiger partial charge in [0.2, 0.25) is 0 Å². The number of nitrogens with two attached hydrogens (primary N) is 1. The first-order valence-corrected chi connectivity index (χ1v) is 6.61. The molecule has 0 bridgehead atoms. The third-order valence-corrected chi connectivity index (χ3v) is 2.94. The van der Waals surface area contributed by atoms with Crippen molar-refractivity contribution in [3.05, 3.63) is 35.9 Å². The Bertz CT molecular complexity index is 517. The summed E-state index contributed by atoms with van der Waals surface area (Å²) in [5, 5.41) is 0. The molecule has 0 aliphatic carbocycles. The van der Waals surface area contributed by atoms with E-state index >= 15 is 0 Å². The summed E-state index contributed by atoms with van der Waals surface area (Å²) < 4.78 is 11.0. The molecule has 0 radical (unpaired) electrons. The number of ether oxygens (including phenoxy) is 1. The van der Waals surface area contributed by atoms with Crippen molar-refractivity contribution in [1.82, 2.24) is 4.98 Å². The molecule has 4 nitrogen and oxygen atoms in total. The minimum absolute atomic E-state index is 0.571. The Morgan fingerprint density at radius 2 is 1.95 bits per heavy atom. The van der Waals surface area contributed by atoms with E-state index in [0.29, 0.717) is 6.54 Å². The summed E-state index contributed by atoms with van der Waals surface area (Å²) in [5.74, 6) is 2.45. The van der Waals surface area contributed by atoms with Crippen LogP contribution in [0.1, 0.15) is 24.9 Å². The van der Waals surface area contributed by atoms with Crippen molar-refractivity contribution < 1.29 is 9.15 Å². The SMILES string of the molecule is CCCc1nc(CCN)c(-c2ccc(OC)cc2)o1. The highest BCUT2D eigenvalue weighted by atomic mass is 16.5. The fourth-order valence-electron chi connectivity index (χ4n) is 2.00. The molecule has 1 aromatic heterocycles. The predicted octanol–water partition coefficient (Wildman–Crippen LogP) is 2.80. The van der Waals surface area contributed by atoms with Crippen molar-refractivity contribution >= 4 is 0 Å². The number of rotatable bonds is 6. The average Bonchev–Trinajstić information content (AvgIpc) is 2.83. The zero-order chi connectivity index (χ0) is 13.7. The molecule has 0 saturated carbocycles. The first kappa shape index (κ1) is 13.6. The number of oxazole rings is 1. The van der Waals surface area contributed by atoms with Crippen LogP contribution in [0.25, 0.3) is 11.3 Å². The molecular weight excluding hydrogens is 240 g/mol. The normalized spacial score (nSPS) is 10.7. The Morgan fingerprint density at radius 1 is 1.21 bits per heavy atom. The van der Waals surface area contributed by atoms with Gasteiger partial charge >= 0.3 is 0 Å². The van der Waals surface area contributed by atoms with Crippen LogP contribution in [0, 0.1) is 0 Å². The molecule has 0 atom stereocenters.